The number of amides is 3. The molecule has 6 nitrogen and oxygen atoms in total. The summed E-state index contributed by atoms with van der Waals surface area (Å²) >= 11 is 0. The molecule has 1 aliphatic heterocycles. The summed E-state index contributed by atoms with van der Waals surface area (Å²) in [5.74, 6) is -0.240. The maximum atomic E-state index is 11.7. The Kier molecular flexibility index (Phi) is 4.75. The van der Waals surface area contributed by atoms with Crippen molar-refractivity contribution in [3.8, 4) is 0 Å². The Labute approximate surface area is 95.1 Å². The summed E-state index contributed by atoms with van der Waals surface area (Å²) in [5.41, 5.74) is 2.34. The normalized spacial score (nSPS) is 19.5. The van der Waals surface area contributed by atoms with Gasteiger partial charge in [0.1, 0.15) is 12.4 Å². The number of nitrogens with one attached hydrogen (secondary N) is 2. The fraction of sp³-hybridized carbons (Fsp3) is 0.700. The minimum atomic E-state index is -0.459. The molecule has 1 heterocycles. The molecule has 16 heavy (non-hydrogen) atoms. The van der Waals surface area contributed by atoms with Crippen LogP contribution >= 0.6 is 0 Å². The molecule has 0 aromatic rings. The van der Waals surface area contributed by atoms with Crippen LogP contribution in [0.25, 0.3) is 0 Å². The smallest absolute Gasteiger partial charge is 0.323 e. The molecule has 0 unspecified atom stereocenters. The summed E-state index contributed by atoms with van der Waals surface area (Å²) in [6.45, 7) is 4.53. The number of carbonyl (C=O) groups is 2. The zero-order valence-electron chi connectivity index (χ0n) is 9.69. The van der Waals surface area contributed by atoms with E-state index in [0.717, 1.165) is 12.8 Å². The highest BCUT2D eigenvalue weighted by Gasteiger charge is 2.29. The van der Waals surface area contributed by atoms with Gasteiger partial charge in [0.2, 0.25) is 0 Å². The average Bonchev–Trinajstić information content (AvgIpc) is 2.29. The number of carbonyl (C=O) groups excluding carboxylic acids is 2. The number of unbranched alkanes of at least 4 members (excludes halogenated alkanes) is 1. The third-order valence-corrected chi connectivity index (χ3v) is 2.42. The van der Waals surface area contributed by atoms with E-state index in [1.165, 1.54) is 11.2 Å². The minimum absolute atomic E-state index is 0.240. The molecule has 0 aliphatic carbocycles. The first-order valence-electron chi connectivity index (χ1n) is 5.59. The van der Waals surface area contributed by atoms with Crippen LogP contribution in [0.3, 0.4) is 0 Å². The van der Waals surface area contributed by atoms with Crippen molar-refractivity contribution in [1.29, 1.82) is 0 Å². The molecule has 6 heteroatoms. The Morgan fingerprint density at radius 1 is 1.62 bits per heavy atom. The second kappa shape index (κ2) is 6.09. The molecule has 0 radical (unpaired) electrons. The van der Waals surface area contributed by atoms with Crippen molar-refractivity contribution in [3.05, 3.63) is 0 Å². The molecular weight excluding hydrogens is 208 g/mol. The van der Waals surface area contributed by atoms with Gasteiger partial charge in [-0.15, -0.1) is 0 Å². The van der Waals surface area contributed by atoms with Crippen LogP contribution in [0.2, 0.25) is 0 Å². The maximum Gasteiger partial charge on any atom is 0.323 e. The van der Waals surface area contributed by atoms with Gasteiger partial charge >= 0.3 is 6.03 Å². The van der Waals surface area contributed by atoms with Crippen LogP contribution in [0.1, 0.15) is 33.1 Å². The number of rotatable bonds is 4. The van der Waals surface area contributed by atoms with Crippen molar-refractivity contribution >= 4 is 18.3 Å². The number of hydrogen-bond donors (Lipinski definition) is 2. The van der Waals surface area contributed by atoms with Gasteiger partial charge in [-0.25, -0.2) is 10.2 Å². The summed E-state index contributed by atoms with van der Waals surface area (Å²) in [6, 6.07) is -0.724. The summed E-state index contributed by atoms with van der Waals surface area (Å²) in [4.78, 5) is 24.5. The highest BCUT2D eigenvalue weighted by Crippen LogP contribution is 2.06. The third kappa shape index (κ3) is 2.95. The van der Waals surface area contributed by atoms with Gasteiger partial charge < -0.3 is 5.32 Å². The van der Waals surface area contributed by atoms with Crippen LogP contribution < -0.4 is 10.7 Å². The van der Waals surface area contributed by atoms with Crippen molar-refractivity contribution in [2.24, 2.45) is 5.10 Å². The van der Waals surface area contributed by atoms with Crippen molar-refractivity contribution in [1.82, 2.24) is 15.6 Å². The summed E-state index contributed by atoms with van der Waals surface area (Å²) < 4.78 is 0. The van der Waals surface area contributed by atoms with Gasteiger partial charge in [-0.2, -0.15) is 5.10 Å². The second-order valence-electron chi connectivity index (χ2n) is 3.64. The van der Waals surface area contributed by atoms with Crippen LogP contribution in [0, 0.1) is 0 Å². The van der Waals surface area contributed by atoms with Crippen molar-refractivity contribution in [2.75, 3.05) is 6.54 Å². The van der Waals surface area contributed by atoms with Gasteiger partial charge in [-0.1, -0.05) is 20.3 Å². The Morgan fingerprint density at radius 3 is 3.00 bits per heavy atom. The maximum absolute atomic E-state index is 11.7. The molecule has 0 bridgehead atoms. The van der Waals surface area contributed by atoms with E-state index >= 15 is 0 Å². The monoisotopic (exact) mass is 226 g/mol. The first kappa shape index (κ1) is 12.5. The molecule has 0 fully saturated rings. The molecule has 0 aromatic heterocycles. The first-order valence-corrected chi connectivity index (χ1v) is 5.59. The molecule has 3 amide bonds. The first-order chi connectivity index (χ1) is 7.70. The quantitative estimate of drug-likeness (QED) is 0.691. The molecular formula is C10H18N4O2. The lowest BCUT2D eigenvalue weighted by Crippen LogP contribution is -2.54. The van der Waals surface area contributed by atoms with E-state index in [1.807, 2.05) is 6.92 Å². The van der Waals surface area contributed by atoms with E-state index in [2.05, 4.69) is 22.8 Å². The zero-order chi connectivity index (χ0) is 12.0. The number of hydrazone groups is 1. The lowest BCUT2D eigenvalue weighted by Gasteiger charge is -2.28. The molecule has 1 aliphatic rings. The highest BCUT2D eigenvalue weighted by molar-refractivity contribution is 5.96. The predicted molar refractivity (Wildman–Crippen MR) is 60.9 cm³/mol. The largest absolute Gasteiger partial charge is 0.338 e. The molecule has 90 valence electrons. The van der Waals surface area contributed by atoms with Gasteiger partial charge in [0.25, 0.3) is 5.91 Å². The van der Waals surface area contributed by atoms with Gasteiger partial charge in [0.05, 0.1) is 0 Å². The fourth-order valence-corrected chi connectivity index (χ4v) is 1.48. The van der Waals surface area contributed by atoms with Crippen LogP contribution in [-0.4, -0.2) is 35.8 Å². The summed E-state index contributed by atoms with van der Waals surface area (Å²) in [7, 11) is 0. The van der Waals surface area contributed by atoms with Crippen LogP contribution in [0.15, 0.2) is 5.10 Å². The van der Waals surface area contributed by atoms with Crippen molar-refractivity contribution in [3.63, 3.8) is 0 Å². The van der Waals surface area contributed by atoms with E-state index < -0.39 is 6.04 Å². The molecule has 1 atom stereocenters. The summed E-state index contributed by atoms with van der Waals surface area (Å²) in [6.07, 6.45) is 3.88. The standard InChI is InChI=1S/C10H18N4O2/c1-3-5-6-11-10(16)14-7-12-13-9(15)8(14)4-2/h7-8H,3-6H2,1-2H3,(H,11,16)(H,13,15)/t8-/m1/s1. The van der Waals surface area contributed by atoms with Gasteiger partial charge in [0, 0.05) is 6.54 Å². The molecule has 0 saturated carbocycles. The highest BCUT2D eigenvalue weighted by atomic mass is 16.2. The van der Waals surface area contributed by atoms with Crippen LogP contribution in [0.5, 0.6) is 0 Å². The van der Waals surface area contributed by atoms with E-state index in [-0.39, 0.29) is 11.9 Å². The molecule has 0 aromatic carbocycles. The Balaban J connectivity index is 2.55. The van der Waals surface area contributed by atoms with E-state index in [4.69, 9.17) is 0 Å². The van der Waals surface area contributed by atoms with Crippen molar-refractivity contribution in [2.45, 2.75) is 39.2 Å². The second-order valence-corrected chi connectivity index (χ2v) is 3.64. The molecule has 0 spiro atoms. The topological polar surface area (TPSA) is 73.8 Å². The molecule has 2 N–H and O–H groups in total. The van der Waals surface area contributed by atoms with Gasteiger partial charge in [-0.05, 0) is 12.8 Å². The van der Waals surface area contributed by atoms with Gasteiger partial charge in [-0.3, -0.25) is 9.69 Å². The third-order valence-electron chi connectivity index (χ3n) is 2.42. The minimum Gasteiger partial charge on any atom is -0.338 e. The Bertz CT molecular complexity index is 291. The van der Waals surface area contributed by atoms with E-state index in [0.29, 0.717) is 13.0 Å². The van der Waals surface area contributed by atoms with Crippen LogP contribution in [0.4, 0.5) is 4.79 Å². The SMILES string of the molecule is CCCCNC(=O)N1C=NNC(=O)[C@H]1CC. The summed E-state index contributed by atoms with van der Waals surface area (Å²) in [5, 5.41) is 6.38. The predicted octanol–water partition coefficient (Wildman–Crippen LogP) is 0.650. The molecule has 1 rings (SSSR count). The molecule has 0 saturated heterocycles. The average molecular weight is 226 g/mol. The van der Waals surface area contributed by atoms with E-state index in [1.54, 1.807) is 0 Å². The van der Waals surface area contributed by atoms with Crippen molar-refractivity contribution < 1.29 is 9.59 Å². The van der Waals surface area contributed by atoms with Gasteiger partial charge in [0.15, 0.2) is 0 Å². The lowest BCUT2D eigenvalue weighted by atomic mass is 10.2. The number of hydrogen-bond acceptors (Lipinski definition) is 3. The fourth-order valence-electron chi connectivity index (χ4n) is 1.48. The number of urea groups is 1. The lowest BCUT2D eigenvalue weighted by molar-refractivity contribution is -0.125. The zero-order valence-corrected chi connectivity index (χ0v) is 9.69. The number of nitrogens with zero attached hydrogens (tertiary/aromatic N) is 2. The Hall–Kier alpha value is -1.59. The Morgan fingerprint density at radius 2 is 2.38 bits per heavy atom. The van der Waals surface area contributed by atoms with Crippen LogP contribution in [-0.2, 0) is 4.79 Å². The van der Waals surface area contributed by atoms with E-state index in [9.17, 15) is 9.59 Å².